The van der Waals surface area contributed by atoms with Crippen molar-refractivity contribution in [2.75, 3.05) is 40.1 Å². The van der Waals surface area contributed by atoms with E-state index in [1.807, 2.05) is 0 Å². The Morgan fingerprint density at radius 1 is 1.00 bits per heavy atom. The molecule has 0 fully saturated rings. The number of rotatable bonds is 12. The Morgan fingerprint density at radius 3 is 2.20 bits per heavy atom. The summed E-state index contributed by atoms with van der Waals surface area (Å²) in [5.74, 6) is -1.07. The van der Waals surface area contributed by atoms with Crippen molar-refractivity contribution < 1.29 is 33.3 Å². The van der Waals surface area contributed by atoms with E-state index >= 15 is 0 Å². The van der Waals surface area contributed by atoms with Crippen LogP contribution < -0.4 is 0 Å². The van der Waals surface area contributed by atoms with Crippen LogP contribution in [0.5, 0.6) is 0 Å². The van der Waals surface area contributed by atoms with Gasteiger partial charge in [-0.1, -0.05) is 13.2 Å². The van der Waals surface area contributed by atoms with Gasteiger partial charge in [-0.3, -0.25) is 0 Å². The van der Waals surface area contributed by atoms with Crippen molar-refractivity contribution in [3.8, 4) is 0 Å². The Bertz CT molecular complexity index is 314. The maximum Gasteiger partial charge on any atom is 0.332 e. The molecule has 0 radical (unpaired) electrons. The van der Waals surface area contributed by atoms with E-state index in [9.17, 15) is 9.59 Å². The second kappa shape index (κ2) is 12.3. The van der Waals surface area contributed by atoms with Gasteiger partial charge in [0, 0.05) is 19.3 Å². The van der Waals surface area contributed by atoms with Crippen molar-refractivity contribution in [1.29, 1.82) is 0 Å². The highest BCUT2D eigenvalue weighted by Crippen LogP contribution is 1.96. The molecule has 0 heterocycles. The number of hydrogen-bond donors (Lipinski definition) is 0. The normalized spacial score (nSPS) is 11.4. The standard InChI is InChI=1S/C13H20O7/c1-4-11(14)19-9-8-17-6-7-18-10-13(16-3)20-12(15)5-2/h4-5,13H,1-2,6-10H2,3H3. The lowest BCUT2D eigenvalue weighted by Crippen LogP contribution is -2.25. The Hall–Kier alpha value is -1.70. The third-order valence-corrected chi connectivity index (χ3v) is 1.94. The average molecular weight is 288 g/mol. The largest absolute Gasteiger partial charge is 0.460 e. The second-order valence-corrected chi connectivity index (χ2v) is 3.37. The molecular formula is C13H20O7. The molecular weight excluding hydrogens is 268 g/mol. The van der Waals surface area contributed by atoms with Crippen LogP contribution in [-0.2, 0) is 33.3 Å². The molecule has 0 aliphatic heterocycles. The molecule has 0 aliphatic rings. The van der Waals surface area contributed by atoms with Gasteiger partial charge in [-0.05, 0) is 0 Å². The van der Waals surface area contributed by atoms with Crippen molar-refractivity contribution in [2.24, 2.45) is 0 Å². The lowest BCUT2D eigenvalue weighted by atomic mass is 10.6. The fraction of sp³-hybridized carbons (Fsp3) is 0.538. The summed E-state index contributed by atoms with van der Waals surface area (Å²) >= 11 is 0. The number of carbonyl (C=O) groups is 2. The van der Waals surface area contributed by atoms with Gasteiger partial charge in [-0.15, -0.1) is 0 Å². The van der Waals surface area contributed by atoms with Gasteiger partial charge in [0.15, 0.2) is 0 Å². The molecule has 0 bridgehead atoms. The smallest absolute Gasteiger partial charge is 0.332 e. The van der Waals surface area contributed by atoms with E-state index in [0.29, 0.717) is 13.2 Å². The fourth-order valence-electron chi connectivity index (χ4n) is 0.987. The van der Waals surface area contributed by atoms with E-state index in [2.05, 4.69) is 13.2 Å². The summed E-state index contributed by atoms with van der Waals surface area (Å²) in [6.45, 7) is 7.65. The Kier molecular flexibility index (Phi) is 11.3. The molecule has 0 spiro atoms. The quantitative estimate of drug-likeness (QED) is 0.223. The summed E-state index contributed by atoms with van der Waals surface area (Å²) in [6, 6.07) is 0. The zero-order valence-corrected chi connectivity index (χ0v) is 11.5. The van der Waals surface area contributed by atoms with Gasteiger partial charge in [0.2, 0.25) is 6.29 Å². The van der Waals surface area contributed by atoms with Crippen molar-refractivity contribution in [3.63, 3.8) is 0 Å². The molecule has 0 aromatic heterocycles. The third-order valence-electron chi connectivity index (χ3n) is 1.94. The van der Waals surface area contributed by atoms with Gasteiger partial charge in [-0.25, -0.2) is 9.59 Å². The summed E-state index contributed by atoms with van der Waals surface area (Å²) < 4.78 is 24.7. The number of carbonyl (C=O) groups excluding carboxylic acids is 2. The van der Waals surface area contributed by atoms with Crippen LogP contribution >= 0.6 is 0 Å². The molecule has 114 valence electrons. The van der Waals surface area contributed by atoms with Crippen LogP contribution in [-0.4, -0.2) is 58.4 Å². The molecule has 0 aromatic rings. The van der Waals surface area contributed by atoms with E-state index in [4.69, 9.17) is 23.7 Å². The van der Waals surface area contributed by atoms with Gasteiger partial charge in [-0.2, -0.15) is 0 Å². The third kappa shape index (κ3) is 10.2. The van der Waals surface area contributed by atoms with Crippen molar-refractivity contribution >= 4 is 11.9 Å². The molecule has 7 nitrogen and oxygen atoms in total. The predicted molar refractivity (Wildman–Crippen MR) is 69.9 cm³/mol. The summed E-state index contributed by atoms with van der Waals surface area (Å²) in [5.41, 5.74) is 0. The van der Waals surface area contributed by atoms with Crippen molar-refractivity contribution in [1.82, 2.24) is 0 Å². The van der Waals surface area contributed by atoms with Crippen LogP contribution in [0.15, 0.2) is 25.3 Å². The van der Waals surface area contributed by atoms with Crippen molar-refractivity contribution in [2.45, 2.75) is 6.29 Å². The fourth-order valence-corrected chi connectivity index (χ4v) is 0.987. The highest BCUT2D eigenvalue weighted by atomic mass is 16.7. The first-order valence-corrected chi connectivity index (χ1v) is 5.94. The van der Waals surface area contributed by atoms with Crippen LogP contribution in [0.3, 0.4) is 0 Å². The minimum Gasteiger partial charge on any atom is -0.460 e. The van der Waals surface area contributed by atoms with E-state index < -0.39 is 18.2 Å². The molecule has 0 aromatic carbocycles. The molecule has 20 heavy (non-hydrogen) atoms. The van der Waals surface area contributed by atoms with Crippen LogP contribution in [0.1, 0.15) is 0 Å². The lowest BCUT2D eigenvalue weighted by molar-refractivity contribution is -0.179. The minimum atomic E-state index is -0.783. The van der Waals surface area contributed by atoms with Crippen LogP contribution in [0.2, 0.25) is 0 Å². The Balaban J connectivity index is 3.46. The lowest BCUT2D eigenvalue weighted by Gasteiger charge is -2.15. The topological polar surface area (TPSA) is 80.3 Å². The van der Waals surface area contributed by atoms with Gasteiger partial charge >= 0.3 is 11.9 Å². The number of methoxy groups -OCH3 is 1. The first kappa shape index (κ1) is 18.3. The molecule has 1 atom stereocenters. The van der Waals surface area contributed by atoms with E-state index in [0.717, 1.165) is 12.2 Å². The molecule has 0 aliphatic carbocycles. The summed E-state index contributed by atoms with van der Waals surface area (Å²) in [4.78, 5) is 21.6. The summed E-state index contributed by atoms with van der Waals surface area (Å²) in [7, 11) is 1.40. The first-order chi connectivity index (χ1) is 9.63. The van der Waals surface area contributed by atoms with E-state index in [1.165, 1.54) is 7.11 Å². The van der Waals surface area contributed by atoms with Crippen LogP contribution in [0, 0.1) is 0 Å². The molecule has 0 rings (SSSR count). The number of esters is 2. The maximum absolute atomic E-state index is 10.9. The molecule has 0 saturated carbocycles. The van der Waals surface area contributed by atoms with Crippen molar-refractivity contribution in [3.05, 3.63) is 25.3 Å². The number of hydrogen-bond acceptors (Lipinski definition) is 7. The second-order valence-electron chi connectivity index (χ2n) is 3.37. The zero-order chi connectivity index (χ0) is 15.2. The van der Waals surface area contributed by atoms with Gasteiger partial charge in [0.1, 0.15) is 13.2 Å². The number of ether oxygens (including phenoxy) is 5. The van der Waals surface area contributed by atoms with Crippen LogP contribution in [0.4, 0.5) is 0 Å². The van der Waals surface area contributed by atoms with E-state index in [-0.39, 0.29) is 19.8 Å². The average Bonchev–Trinajstić information content (AvgIpc) is 2.47. The molecule has 0 N–H and O–H groups in total. The first-order valence-electron chi connectivity index (χ1n) is 5.94. The molecule has 7 heteroatoms. The van der Waals surface area contributed by atoms with Gasteiger partial charge in [0.05, 0.1) is 19.8 Å². The molecule has 0 amide bonds. The maximum atomic E-state index is 10.9. The predicted octanol–water partition coefficient (Wildman–Crippen LogP) is 0.450. The monoisotopic (exact) mass is 288 g/mol. The minimum absolute atomic E-state index is 0.0882. The van der Waals surface area contributed by atoms with Gasteiger partial charge < -0.3 is 23.7 Å². The Labute approximate surface area is 118 Å². The highest BCUT2D eigenvalue weighted by Gasteiger charge is 2.11. The highest BCUT2D eigenvalue weighted by molar-refractivity contribution is 5.81. The SMILES string of the molecule is C=CC(=O)OCCOCCOCC(OC)OC(=O)C=C. The Morgan fingerprint density at radius 2 is 1.60 bits per heavy atom. The zero-order valence-electron chi connectivity index (χ0n) is 11.5. The van der Waals surface area contributed by atoms with Crippen LogP contribution in [0.25, 0.3) is 0 Å². The van der Waals surface area contributed by atoms with E-state index in [1.54, 1.807) is 0 Å². The summed E-state index contributed by atoms with van der Waals surface area (Å²) in [5, 5.41) is 0. The molecule has 0 saturated heterocycles. The van der Waals surface area contributed by atoms with Gasteiger partial charge in [0.25, 0.3) is 0 Å². The summed E-state index contributed by atoms with van der Waals surface area (Å²) in [6.07, 6.45) is 1.34. The molecule has 1 unspecified atom stereocenters.